The molecule has 6 nitrogen and oxygen atoms in total. The monoisotopic (exact) mass is 626 g/mol. The van der Waals surface area contributed by atoms with Crippen LogP contribution in [-0.4, -0.2) is 28.0 Å². The molecule has 0 radical (unpaired) electrons. The van der Waals surface area contributed by atoms with Crippen molar-refractivity contribution in [1.82, 2.24) is 10.3 Å². The van der Waals surface area contributed by atoms with Crippen LogP contribution in [0.4, 0.5) is 13.2 Å². The number of fused-ring (bicyclic) bond motifs is 1. The molecule has 9 heteroatoms. The van der Waals surface area contributed by atoms with Crippen LogP contribution in [-0.2, 0) is 24.0 Å². The third-order valence-corrected chi connectivity index (χ3v) is 7.55. The molecule has 1 aromatic heterocycles. The number of hydrogen-bond acceptors (Lipinski definition) is 4. The van der Waals surface area contributed by atoms with Crippen LogP contribution in [0.15, 0.2) is 103 Å². The Balaban J connectivity index is 1.43. The van der Waals surface area contributed by atoms with Crippen molar-refractivity contribution in [3.63, 3.8) is 0 Å². The van der Waals surface area contributed by atoms with E-state index in [-0.39, 0.29) is 18.0 Å². The molecule has 0 unspecified atom stereocenters. The Morgan fingerprint density at radius 3 is 2.33 bits per heavy atom. The summed E-state index contributed by atoms with van der Waals surface area (Å²) in [6.07, 6.45) is -2.28. The number of aromatic nitrogens is 1. The molecule has 0 spiro atoms. The number of rotatable bonds is 11. The molecule has 5 aromatic rings. The molecule has 1 heterocycles. The van der Waals surface area contributed by atoms with Gasteiger partial charge in [0.2, 0.25) is 0 Å². The summed E-state index contributed by atoms with van der Waals surface area (Å²) in [5, 5.41) is 12.5. The molecule has 0 aliphatic heterocycles. The number of nitrogens with zero attached hydrogens (tertiary/aromatic N) is 1. The van der Waals surface area contributed by atoms with Crippen molar-refractivity contribution in [3.8, 4) is 16.9 Å². The van der Waals surface area contributed by atoms with Crippen molar-refractivity contribution in [2.45, 2.75) is 45.5 Å². The number of benzene rings is 4. The molecule has 1 amide bonds. The number of carboxylic acids is 1. The Morgan fingerprint density at radius 2 is 1.61 bits per heavy atom. The van der Waals surface area contributed by atoms with Gasteiger partial charge in [-0.1, -0.05) is 80.6 Å². The molecule has 0 bridgehead atoms. The van der Waals surface area contributed by atoms with Gasteiger partial charge in [0.15, 0.2) is 0 Å². The number of carboxylic acid groups (broad SMARTS) is 1. The zero-order chi connectivity index (χ0) is 32.8. The maximum absolute atomic E-state index is 13.9. The lowest BCUT2D eigenvalue weighted by atomic mass is 9.92. The zero-order valence-corrected chi connectivity index (χ0v) is 25.3. The lowest BCUT2D eigenvalue weighted by molar-refractivity contribution is -0.139. The number of nitrogens with one attached hydrogen (secondary N) is 1. The quantitative estimate of drug-likeness (QED) is 0.154. The largest absolute Gasteiger partial charge is 0.489 e. The van der Waals surface area contributed by atoms with E-state index in [4.69, 9.17) is 4.74 Å². The van der Waals surface area contributed by atoms with E-state index in [1.165, 1.54) is 12.3 Å². The number of pyridine rings is 1. The van der Waals surface area contributed by atoms with Crippen LogP contribution < -0.4 is 10.1 Å². The Labute approximate surface area is 264 Å². The van der Waals surface area contributed by atoms with Crippen LogP contribution in [0.3, 0.4) is 0 Å². The predicted octanol–water partition coefficient (Wildman–Crippen LogP) is 8.32. The van der Waals surface area contributed by atoms with Crippen LogP contribution in [0.1, 0.15) is 52.9 Å². The minimum absolute atomic E-state index is 0.0862. The number of hydrogen-bond donors (Lipinski definition) is 2. The maximum Gasteiger partial charge on any atom is 0.418 e. The van der Waals surface area contributed by atoms with Crippen molar-refractivity contribution in [3.05, 3.63) is 131 Å². The fourth-order valence-corrected chi connectivity index (χ4v) is 5.43. The number of ether oxygens (including phenoxy) is 1. The second-order valence-electron chi connectivity index (χ2n) is 11.5. The Hall–Kier alpha value is -5.18. The summed E-state index contributed by atoms with van der Waals surface area (Å²) in [5.74, 6) is -1.02. The number of alkyl halides is 3. The van der Waals surface area contributed by atoms with Gasteiger partial charge in [0.05, 0.1) is 11.1 Å². The first-order valence-electron chi connectivity index (χ1n) is 14.9. The van der Waals surface area contributed by atoms with Crippen molar-refractivity contribution in [2.75, 3.05) is 0 Å². The number of carbonyl (C=O) groups excluding carboxylic acids is 1. The number of amides is 1. The van der Waals surface area contributed by atoms with E-state index in [9.17, 15) is 27.9 Å². The van der Waals surface area contributed by atoms with Crippen LogP contribution in [0.25, 0.3) is 22.0 Å². The van der Waals surface area contributed by atoms with Gasteiger partial charge in [0, 0.05) is 17.1 Å². The van der Waals surface area contributed by atoms with Crippen molar-refractivity contribution in [2.24, 2.45) is 5.92 Å². The van der Waals surface area contributed by atoms with Gasteiger partial charge in [0.1, 0.15) is 18.4 Å². The van der Waals surface area contributed by atoms with Crippen LogP contribution in [0, 0.1) is 5.92 Å². The van der Waals surface area contributed by atoms with E-state index in [0.29, 0.717) is 46.2 Å². The fraction of sp³-hybridized carbons (Fsp3) is 0.216. The second kappa shape index (κ2) is 13.9. The van der Waals surface area contributed by atoms with Gasteiger partial charge in [-0.2, -0.15) is 13.2 Å². The number of carbonyl (C=O) groups is 2. The number of aliphatic carboxylic acids is 1. The molecule has 0 saturated carbocycles. The van der Waals surface area contributed by atoms with Crippen molar-refractivity contribution in [1.29, 1.82) is 0 Å². The molecule has 2 N–H and O–H groups in total. The Morgan fingerprint density at radius 1 is 0.891 bits per heavy atom. The van der Waals surface area contributed by atoms with Gasteiger partial charge in [-0.25, -0.2) is 4.79 Å². The smallest absolute Gasteiger partial charge is 0.418 e. The SMILES string of the molecule is CC(C)C[C@H](NC(=O)c1cccc(COc2cccc(-c3c(Cc4ccccc4)cnc4c(C(F)(F)F)cccc34)c2)c1)C(=O)O. The third kappa shape index (κ3) is 7.72. The average molecular weight is 627 g/mol. The van der Waals surface area contributed by atoms with Crippen LogP contribution in [0.5, 0.6) is 5.75 Å². The van der Waals surface area contributed by atoms with Gasteiger partial charge in [-0.05, 0) is 76.9 Å². The summed E-state index contributed by atoms with van der Waals surface area (Å²) in [4.78, 5) is 28.7. The van der Waals surface area contributed by atoms with E-state index in [2.05, 4.69) is 10.3 Å². The van der Waals surface area contributed by atoms with E-state index in [1.807, 2.05) is 50.2 Å². The van der Waals surface area contributed by atoms with Crippen molar-refractivity contribution < 1.29 is 32.6 Å². The fourth-order valence-electron chi connectivity index (χ4n) is 5.43. The Kier molecular flexibility index (Phi) is 9.70. The minimum atomic E-state index is -4.57. The van der Waals surface area contributed by atoms with Gasteiger partial charge in [-0.3, -0.25) is 9.78 Å². The van der Waals surface area contributed by atoms with Crippen LogP contribution in [0.2, 0.25) is 0 Å². The summed E-state index contributed by atoms with van der Waals surface area (Å²) in [7, 11) is 0. The van der Waals surface area contributed by atoms with E-state index >= 15 is 0 Å². The highest BCUT2D eigenvalue weighted by Gasteiger charge is 2.33. The molecular weight excluding hydrogens is 593 g/mol. The highest BCUT2D eigenvalue weighted by molar-refractivity contribution is 5.98. The molecule has 46 heavy (non-hydrogen) atoms. The average Bonchev–Trinajstić information content (AvgIpc) is 3.03. The molecule has 4 aromatic carbocycles. The molecule has 0 aliphatic carbocycles. The van der Waals surface area contributed by atoms with Gasteiger partial charge in [-0.15, -0.1) is 0 Å². The molecule has 1 atom stereocenters. The first kappa shape index (κ1) is 32.2. The molecule has 0 aliphatic rings. The highest BCUT2D eigenvalue weighted by Crippen LogP contribution is 2.39. The predicted molar refractivity (Wildman–Crippen MR) is 171 cm³/mol. The Bertz CT molecular complexity index is 1860. The maximum atomic E-state index is 13.9. The first-order valence-corrected chi connectivity index (χ1v) is 14.9. The van der Waals surface area contributed by atoms with Gasteiger partial charge in [0.25, 0.3) is 5.91 Å². The van der Waals surface area contributed by atoms with E-state index in [1.54, 1.807) is 48.5 Å². The molecule has 0 saturated heterocycles. The molecule has 236 valence electrons. The molecular formula is C37H33F3N2O4. The van der Waals surface area contributed by atoms with E-state index in [0.717, 1.165) is 17.2 Å². The molecule has 5 rings (SSSR count). The van der Waals surface area contributed by atoms with E-state index < -0.39 is 29.7 Å². The normalized spacial score (nSPS) is 12.2. The second-order valence-corrected chi connectivity index (χ2v) is 11.5. The van der Waals surface area contributed by atoms with Gasteiger partial charge >= 0.3 is 12.1 Å². The van der Waals surface area contributed by atoms with Gasteiger partial charge < -0.3 is 15.2 Å². The zero-order valence-electron chi connectivity index (χ0n) is 25.3. The third-order valence-electron chi connectivity index (χ3n) is 7.55. The van der Waals surface area contributed by atoms with Crippen molar-refractivity contribution >= 4 is 22.8 Å². The standard InChI is InChI=1S/C37H33F3N2O4/c1-23(2)17-32(36(44)45)42-35(43)27-13-6-11-25(19-27)22-46-29-14-7-12-26(20-29)33-28(18-24-9-4-3-5-10-24)21-41-34-30(33)15-8-16-31(34)37(38,39)40/h3-16,19-21,23,32H,17-18,22H2,1-2H3,(H,42,43)(H,44,45)/t32-/m0/s1. The lowest BCUT2D eigenvalue weighted by Gasteiger charge is -2.17. The summed E-state index contributed by atoms with van der Waals surface area (Å²) >= 11 is 0. The highest BCUT2D eigenvalue weighted by atomic mass is 19.4. The summed E-state index contributed by atoms with van der Waals surface area (Å²) in [5.41, 5.74) is 3.14. The number of halogens is 3. The summed E-state index contributed by atoms with van der Waals surface area (Å²) in [6.45, 7) is 3.87. The summed E-state index contributed by atoms with van der Waals surface area (Å²) < 4.78 is 47.9. The first-order chi connectivity index (χ1) is 22.0. The topological polar surface area (TPSA) is 88.5 Å². The van der Waals surface area contributed by atoms with Crippen LogP contribution >= 0.6 is 0 Å². The minimum Gasteiger partial charge on any atom is -0.489 e. The molecule has 0 fully saturated rings. The summed E-state index contributed by atoms with van der Waals surface area (Å²) in [6, 6.07) is 26.6. The number of para-hydroxylation sites is 1. The lowest BCUT2D eigenvalue weighted by Crippen LogP contribution is -2.41.